The molecule has 1 aromatic carbocycles. The monoisotopic (exact) mass is 345 g/mol. The van der Waals surface area contributed by atoms with Crippen molar-refractivity contribution < 1.29 is 18.8 Å². The van der Waals surface area contributed by atoms with E-state index in [1.54, 1.807) is 25.0 Å². The summed E-state index contributed by atoms with van der Waals surface area (Å²) in [5, 5.41) is 6.60. The summed E-state index contributed by atoms with van der Waals surface area (Å²) in [6.07, 6.45) is 2.04. The second-order valence-electron chi connectivity index (χ2n) is 6.08. The van der Waals surface area contributed by atoms with Crippen LogP contribution < -0.4 is 10.1 Å². The van der Waals surface area contributed by atoms with E-state index >= 15 is 0 Å². The van der Waals surface area contributed by atoms with Gasteiger partial charge in [0.05, 0.1) is 19.8 Å². The number of aromatic nitrogens is 1. The van der Waals surface area contributed by atoms with Crippen molar-refractivity contribution in [3.8, 4) is 5.75 Å². The van der Waals surface area contributed by atoms with Crippen LogP contribution in [0.15, 0.2) is 34.9 Å². The molecular formula is C18H23N3O4. The molecule has 1 atom stereocenters. The molecule has 0 spiro atoms. The number of para-hydroxylation sites is 1. The third-order valence-corrected chi connectivity index (χ3v) is 4.15. The third-order valence-electron chi connectivity index (χ3n) is 4.15. The van der Waals surface area contributed by atoms with Gasteiger partial charge < -0.3 is 18.9 Å². The van der Waals surface area contributed by atoms with Gasteiger partial charge in [0.2, 0.25) is 0 Å². The summed E-state index contributed by atoms with van der Waals surface area (Å²) < 4.78 is 16.1. The third kappa shape index (κ3) is 4.51. The zero-order valence-electron chi connectivity index (χ0n) is 14.5. The summed E-state index contributed by atoms with van der Waals surface area (Å²) in [6.45, 7) is 3.46. The number of aryl methyl sites for hydroxylation is 1. The van der Waals surface area contributed by atoms with Crippen molar-refractivity contribution in [2.24, 2.45) is 0 Å². The molecule has 1 fully saturated rings. The van der Waals surface area contributed by atoms with Gasteiger partial charge in [-0.05, 0) is 25.8 Å². The first-order valence-corrected chi connectivity index (χ1v) is 8.38. The predicted molar refractivity (Wildman–Crippen MR) is 92.6 cm³/mol. The highest BCUT2D eigenvalue weighted by atomic mass is 16.5. The van der Waals surface area contributed by atoms with Gasteiger partial charge >= 0.3 is 6.03 Å². The van der Waals surface area contributed by atoms with E-state index in [-0.39, 0.29) is 12.1 Å². The lowest BCUT2D eigenvalue weighted by atomic mass is 10.1. The van der Waals surface area contributed by atoms with Gasteiger partial charge in [0.25, 0.3) is 0 Å². The van der Waals surface area contributed by atoms with E-state index in [1.807, 2.05) is 24.3 Å². The summed E-state index contributed by atoms with van der Waals surface area (Å²) >= 11 is 0. The number of anilines is 1. The quantitative estimate of drug-likeness (QED) is 0.870. The van der Waals surface area contributed by atoms with Crippen LogP contribution in [0.2, 0.25) is 0 Å². The maximum Gasteiger partial charge on any atom is 0.323 e. The minimum atomic E-state index is -0.241. The Labute approximate surface area is 146 Å². The van der Waals surface area contributed by atoms with E-state index < -0.39 is 0 Å². The molecule has 0 radical (unpaired) electrons. The van der Waals surface area contributed by atoms with Gasteiger partial charge in [-0.2, -0.15) is 0 Å². The molecule has 1 aliphatic rings. The molecule has 25 heavy (non-hydrogen) atoms. The van der Waals surface area contributed by atoms with Crippen molar-refractivity contribution in [1.29, 1.82) is 0 Å². The van der Waals surface area contributed by atoms with E-state index in [1.165, 1.54) is 0 Å². The highest BCUT2D eigenvalue weighted by molar-refractivity contribution is 5.88. The molecular weight excluding hydrogens is 322 g/mol. The fraction of sp³-hybridized carbons (Fsp3) is 0.444. The minimum absolute atomic E-state index is 0.0551. The standard InChI is InChI=1S/C18H23N3O4/c1-13-10-17(20-25-13)19-18(22)21(12-15-7-5-9-24-15)11-14-6-3-4-8-16(14)23-2/h3-4,6,8,10,15H,5,7,9,11-12H2,1-2H3,(H,19,20,22). The van der Waals surface area contributed by atoms with Crippen LogP contribution in [0.4, 0.5) is 10.6 Å². The predicted octanol–water partition coefficient (Wildman–Crippen LogP) is 3.20. The summed E-state index contributed by atoms with van der Waals surface area (Å²) in [7, 11) is 1.63. The summed E-state index contributed by atoms with van der Waals surface area (Å²) in [6, 6.07) is 9.12. The Balaban J connectivity index is 1.74. The van der Waals surface area contributed by atoms with Crippen LogP contribution in [0, 0.1) is 6.92 Å². The van der Waals surface area contributed by atoms with Gasteiger partial charge in [0.15, 0.2) is 5.82 Å². The zero-order valence-corrected chi connectivity index (χ0v) is 14.5. The Hall–Kier alpha value is -2.54. The van der Waals surface area contributed by atoms with E-state index in [4.69, 9.17) is 14.0 Å². The van der Waals surface area contributed by atoms with Crippen molar-refractivity contribution >= 4 is 11.8 Å². The molecule has 0 bridgehead atoms. The van der Waals surface area contributed by atoms with Crippen LogP contribution in [0.25, 0.3) is 0 Å². The van der Waals surface area contributed by atoms with Crippen LogP contribution in [-0.2, 0) is 11.3 Å². The zero-order chi connectivity index (χ0) is 17.6. The largest absolute Gasteiger partial charge is 0.496 e. The lowest BCUT2D eigenvalue weighted by Crippen LogP contribution is -2.39. The summed E-state index contributed by atoms with van der Waals surface area (Å²) in [4.78, 5) is 14.5. The topological polar surface area (TPSA) is 76.8 Å². The number of ether oxygens (including phenoxy) is 2. The molecule has 2 heterocycles. The van der Waals surface area contributed by atoms with Crippen LogP contribution in [0.5, 0.6) is 5.75 Å². The molecule has 7 nitrogen and oxygen atoms in total. The average molecular weight is 345 g/mol. The molecule has 3 rings (SSSR count). The number of rotatable bonds is 6. The summed E-state index contributed by atoms with van der Waals surface area (Å²) in [5.74, 6) is 1.80. The maximum atomic E-state index is 12.8. The Kier molecular flexibility index (Phi) is 5.55. The van der Waals surface area contributed by atoms with Crippen LogP contribution >= 0.6 is 0 Å². The number of urea groups is 1. The average Bonchev–Trinajstić information content (AvgIpc) is 3.26. The highest BCUT2D eigenvalue weighted by Gasteiger charge is 2.24. The second kappa shape index (κ2) is 8.02. The first kappa shape index (κ1) is 17.3. The van der Waals surface area contributed by atoms with Gasteiger partial charge in [-0.15, -0.1) is 0 Å². The SMILES string of the molecule is COc1ccccc1CN(CC1CCCO1)C(=O)Nc1cc(C)on1. The van der Waals surface area contributed by atoms with Crippen molar-refractivity contribution in [2.75, 3.05) is 25.6 Å². The number of hydrogen-bond acceptors (Lipinski definition) is 5. The fourth-order valence-electron chi connectivity index (χ4n) is 2.91. The molecule has 134 valence electrons. The van der Waals surface area contributed by atoms with Gasteiger partial charge in [-0.25, -0.2) is 4.79 Å². The Morgan fingerprint density at radius 3 is 2.96 bits per heavy atom. The van der Waals surface area contributed by atoms with E-state index in [9.17, 15) is 4.79 Å². The number of hydrogen-bond donors (Lipinski definition) is 1. The molecule has 1 unspecified atom stereocenters. The first-order chi connectivity index (χ1) is 12.2. The minimum Gasteiger partial charge on any atom is -0.496 e. The number of carbonyl (C=O) groups excluding carboxylic acids is 1. The van der Waals surface area contributed by atoms with Crippen molar-refractivity contribution in [3.63, 3.8) is 0 Å². The number of amides is 2. The summed E-state index contributed by atoms with van der Waals surface area (Å²) in [5.41, 5.74) is 0.939. The fourth-order valence-corrected chi connectivity index (χ4v) is 2.91. The van der Waals surface area contributed by atoms with E-state index in [2.05, 4.69) is 10.5 Å². The molecule has 2 aromatic rings. The van der Waals surface area contributed by atoms with Gasteiger partial charge in [0, 0.05) is 24.8 Å². The molecule has 1 saturated heterocycles. The Bertz CT molecular complexity index is 710. The molecule has 0 aliphatic carbocycles. The highest BCUT2D eigenvalue weighted by Crippen LogP contribution is 2.22. The number of nitrogens with zero attached hydrogens (tertiary/aromatic N) is 2. The lowest BCUT2D eigenvalue weighted by molar-refractivity contribution is 0.0817. The maximum absolute atomic E-state index is 12.8. The molecule has 2 amide bonds. The van der Waals surface area contributed by atoms with Gasteiger partial charge in [-0.1, -0.05) is 23.4 Å². The number of benzene rings is 1. The smallest absolute Gasteiger partial charge is 0.323 e. The van der Waals surface area contributed by atoms with Crippen LogP contribution in [0.3, 0.4) is 0 Å². The van der Waals surface area contributed by atoms with Crippen molar-refractivity contribution in [3.05, 3.63) is 41.7 Å². The normalized spacial score (nSPS) is 16.6. The van der Waals surface area contributed by atoms with Crippen molar-refractivity contribution in [2.45, 2.75) is 32.4 Å². The van der Waals surface area contributed by atoms with Gasteiger partial charge in [-0.3, -0.25) is 5.32 Å². The van der Waals surface area contributed by atoms with Crippen LogP contribution in [0.1, 0.15) is 24.2 Å². The van der Waals surface area contributed by atoms with E-state index in [0.29, 0.717) is 24.7 Å². The number of nitrogens with one attached hydrogen (secondary N) is 1. The Morgan fingerprint density at radius 2 is 2.28 bits per heavy atom. The number of carbonyl (C=O) groups is 1. The van der Waals surface area contributed by atoms with Gasteiger partial charge in [0.1, 0.15) is 11.5 Å². The van der Waals surface area contributed by atoms with E-state index in [0.717, 1.165) is 30.8 Å². The van der Waals surface area contributed by atoms with Crippen molar-refractivity contribution in [1.82, 2.24) is 10.1 Å². The molecule has 1 aromatic heterocycles. The molecule has 7 heteroatoms. The van der Waals surface area contributed by atoms with Crippen LogP contribution in [-0.4, -0.2) is 42.5 Å². The second-order valence-corrected chi connectivity index (χ2v) is 6.08. The number of methoxy groups -OCH3 is 1. The Morgan fingerprint density at radius 1 is 1.44 bits per heavy atom. The lowest BCUT2D eigenvalue weighted by Gasteiger charge is -2.26. The molecule has 0 saturated carbocycles. The first-order valence-electron chi connectivity index (χ1n) is 8.38. The molecule has 1 aliphatic heterocycles. The molecule has 1 N–H and O–H groups in total.